The Labute approximate surface area is 104 Å². The van der Waals surface area contributed by atoms with Gasteiger partial charge in [0.05, 0.1) is 19.0 Å². The molecule has 0 aromatic heterocycles. The van der Waals surface area contributed by atoms with Crippen LogP contribution in [0.1, 0.15) is 32.1 Å². The average molecular weight is 239 g/mol. The molecule has 98 valence electrons. The maximum absolute atomic E-state index is 5.34. The molecule has 1 fully saturated rings. The van der Waals surface area contributed by atoms with Gasteiger partial charge < -0.3 is 10.1 Å². The van der Waals surface area contributed by atoms with E-state index in [2.05, 4.69) is 15.2 Å². The molecule has 0 saturated carbocycles. The molecule has 17 heavy (non-hydrogen) atoms. The van der Waals surface area contributed by atoms with Crippen molar-refractivity contribution in [1.29, 1.82) is 0 Å². The zero-order chi connectivity index (χ0) is 11.8. The van der Waals surface area contributed by atoms with Crippen LogP contribution in [-0.2, 0) is 4.74 Å². The van der Waals surface area contributed by atoms with Gasteiger partial charge in [0, 0.05) is 32.6 Å². The summed E-state index contributed by atoms with van der Waals surface area (Å²) in [4.78, 5) is 7.07. The second-order valence-electron chi connectivity index (χ2n) is 4.87. The van der Waals surface area contributed by atoms with E-state index in [0.29, 0.717) is 0 Å². The SMILES string of the molecule is C1CCN=C(NCCCN2CCOCC2)CC1. The second-order valence-corrected chi connectivity index (χ2v) is 4.87. The summed E-state index contributed by atoms with van der Waals surface area (Å²) in [6, 6.07) is 0. The van der Waals surface area contributed by atoms with Crippen LogP contribution in [0.15, 0.2) is 4.99 Å². The van der Waals surface area contributed by atoms with Crippen molar-refractivity contribution in [3.63, 3.8) is 0 Å². The fourth-order valence-corrected chi connectivity index (χ4v) is 2.38. The number of hydrogen-bond acceptors (Lipinski definition) is 4. The van der Waals surface area contributed by atoms with Gasteiger partial charge in [-0.05, 0) is 25.8 Å². The zero-order valence-corrected chi connectivity index (χ0v) is 10.8. The summed E-state index contributed by atoms with van der Waals surface area (Å²) in [5.41, 5.74) is 0. The lowest BCUT2D eigenvalue weighted by Gasteiger charge is -2.26. The van der Waals surface area contributed by atoms with Gasteiger partial charge in [-0.3, -0.25) is 9.89 Å². The van der Waals surface area contributed by atoms with Crippen LogP contribution in [-0.4, -0.2) is 56.7 Å². The van der Waals surface area contributed by atoms with Gasteiger partial charge in [0.25, 0.3) is 0 Å². The molecule has 2 aliphatic heterocycles. The Hall–Kier alpha value is -0.610. The molecule has 0 aromatic rings. The minimum Gasteiger partial charge on any atom is -0.379 e. The third-order valence-electron chi connectivity index (χ3n) is 3.46. The number of aliphatic imine (C=N–C) groups is 1. The van der Waals surface area contributed by atoms with E-state index in [1.165, 1.54) is 38.1 Å². The van der Waals surface area contributed by atoms with Crippen LogP contribution in [0.25, 0.3) is 0 Å². The van der Waals surface area contributed by atoms with Crippen LogP contribution in [0.2, 0.25) is 0 Å². The highest BCUT2D eigenvalue weighted by molar-refractivity contribution is 5.82. The normalized spacial score (nSPS) is 22.9. The van der Waals surface area contributed by atoms with Gasteiger partial charge in [0.2, 0.25) is 0 Å². The summed E-state index contributed by atoms with van der Waals surface area (Å²) < 4.78 is 5.34. The van der Waals surface area contributed by atoms with Gasteiger partial charge in [-0.1, -0.05) is 6.42 Å². The molecule has 0 bridgehead atoms. The molecule has 0 unspecified atom stereocenters. The Kier molecular flexibility index (Phi) is 5.79. The predicted octanol–water partition coefficient (Wildman–Crippen LogP) is 1.27. The highest BCUT2D eigenvalue weighted by Crippen LogP contribution is 2.06. The first-order valence-corrected chi connectivity index (χ1v) is 7.02. The van der Waals surface area contributed by atoms with E-state index in [4.69, 9.17) is 4.74 Å². The molecular formula is C13H25N3O. The van der Waals surface area contributed by atoms with E-state index in [1.807, 2.05) is 0 Å². The number of nitrogens with one attached hydrogen (secondary N) is 1. The van der Waals surface area contributed by atoms with Gasteiger partial charge in [0.15, 0.2) is 0 Å². The highest BCUT2D eigenvalue weighted by atomic mass is 16.5. The topological polar surface area (TPSA) is 36.9 Å². The van der Waals surface area contributed by atoms with Crippen LogP contribution >= 0.6 is 0 Å². The van der Waals surface area contributed by atoms with Crippen molar-refractivity contribution in [2.24, 2.45) is 4.99 Å². The van der Waals surface area contributed by atoms with Crippen molar-refractivity contribution in [3.8, 4) is 0 Å². The molecule has 2 aliphatic rings. The quantitative estimate of drug-likeness (QED) is 0.751. The molecule has 4 nitrogen and oxygen atoms in total. The van der Waals surface area contributed by atoms with Gasteiger partial charge in [-0.15, -0.1) is 0 Å². The molecule has 2 heterocycles. The van der Waals surface area contributed by atoms with Crippen molar-refractivity contribution in [3.05, 3.63) is 0 Å². The Bertz CT molecular complexity index is 237. The standard InChI is InChI=1S/C13H25N3O/c1-2-5-13(14-6-3-1)15-7-4-8-16-9-11-17-12-10-16/h1-12H2,(H,14,15). The third-order valence-corrected chi connectivity index (χ3v) is 3.46. The molecule has 1 N–H and O–H groups in total. The summed E-state index contributed by atoms with van der Waals surface area (Å²) in [5, 5.41) is 3.49. The predicted molar refractivity (Wildman–Crippen MR) is 70.6 cm³/mol. The van der Waals surface area contributed by atoms with Crippen molar-refractivity contribution in [2.75, 3.05) is 45.9 Å². The number of nitrogens with zero attached hydrogens (tertiary/aromatic N) is 2. The monoisotopic (exact) mass is 239 g/mol. The molecule has 0 atom stereocenters. The van der Waals surface area contributed by atoms with Gasteiger partial charge in [-0.2, -0.15) is 0 Å². The van der Waals surface area contributed by atoms with Crippen LogP contribution in [0.5, 0.6) is 0 Å². The second kappa shape index (κ2) is 7.67. The molecule has 0 radical (unpaired) electrons. The van der Waals surface area contributed by atoms with Crippen molar-refractivity contribution < 1.29 is 4.74 Å². The van der Waals surface area contributed by atoms with Crippen LogP contribution in [0.3, 0.4) is 0 Å². The Balaban J connectivity index is 1.54. The molecule has 0 spiro atoms. The highest BCUT2D eigenvalue weighted by Gasteiger charge is 2.09. The molecule has 0 amide bonds. The summed E-state index contributed by atoms with van der Waals surface area (Å²) in [6.45, 7) is 7.27. The molecule has 4 heteroatoms. The first-order chi connectivity index (χ1) is 8.45. The maximum atomic E-state index is 5.34. The summed E-state index contributed by atoms with van der Waals surface area (Å²) in [5.74, 6) is 1.24. The van der Waals surface area contributed by atoms with Gasteiger partial charge in [-0.25, -0.2) is 0 Å². The van der Waals surface area contributed by atoms with E-state index in [-0.39, 0.29) is 0 Å². The van der Waals surface area contributed by atoms with E-state index in [1.54, 1.807) is 0 Å². The summed E-state index contributed by atoms with van der Waals surface area (Å²) >= 11 is 0. The van der Waals surface area contributed by atoms with Crippen molar-refractivity contribution in [2.45, 2.75) is 32.1 Å². The lowest BCUT2D eigenvalue weighted by molar-refractivity contribution is 0.0376. The lowest BCUT2D eigenvalue weighted by atomic mass is 10.2. The van der Waals surface area contributed by atoms with E-state index in [0.717, 1.165) is 45.8 Å². The fraction of sp³-hybridized carbons (Fsp3) is 0.923. The number of morpholine rings is 1. The number of ether oxygens (including phenoxy) is 1. The van der Waals surface area contributed by atoms with E-state index in [9.17, 15) is 0 Å². The third kappa shape index (κ3) is 5.04. The summed E-state index contributed by atoms with van der Waals surface area (Å²) in [7, 11) is 0. The molecule has 1 saturated heterocycles. The number of hydrogen-bond donors (Lipinski definition) is 1. The number of rotatable bonds is 4. The van der Waals surface area contributed by atoms with Gasteiger partial charge >= 0.3 is 0 Å². The fourth-order valence-electron chi connectivity index (χ4n) is 2.38. The molecule has 2 rings (SSSR count). The lowest BCUT2D eigenvalue weighted by Crippen LogP contribution is -2.38. The Morgan fingerprint density at radius 1 is 1.18 bits per heavy atom. The molecular weight excluding hydrogens is 214 g/mol. The minimum absolute atomic E-state index is 0.903. The van der Waals surface area contributed by atoms with Crippen molar-refractivity contribution >= 4 is 5.84 Å². The molecule has 0 aliphatic carbocycles. The Morgan fingerprint density at radius 2 is 2.06 bits per heavy atom. The Morgan fingerprint density at radius 3 is 2.94 bits per heavy atom. The zero-order valence-electron chi connectivity index (χ0n) is 10.8. The molecule has 0 aromatic carbocycles. The van der Waals surface area contributed by atoms with E-state index < -0.39 is 0 Å². The minimum atomic E-state index is 0.903. The largest absolute Gasteiger partial charge is 0.379 e. The maximum Gasteiger partial charge on any atom is 0.0963 e. The van der Waals surface area contributed by atoms with E-state index >= 15 is 0 Å². The first kappa shape index (κ1) is 12.8. The van der Waals surface area contributed by atoms with Crippen molar-refractivity contribution in [1.82, 2.24) is 10.2 Å². The average Bonchev–Trinajstić information content (AvgIpc) is 2.65. The smallest absolute Gasteiger partial charge is 0.0963 e. The first-order valence-electron chi connectivity index (χ1n) is 7.02. The van der Waals surface area contributed by atoms with Crippen LogP contribution in [0.4, 0.5) is 0 Å². The van der Waals surface area contributed by atoms with Gasteiger partial charge in [0.1, 0.15) is 0 Å². The summed E-state index contributed by atoms with van der Waals surface area (Å²) in [6.07, 6.45) is 6.26. The number of amidine groups is 1. The van der Waals surface area contributed by atoms with Crippen LogP contribution in [0, 0.1) is 0 Å². The van der Waals surface area contributed by atoms with Crippen LogP contribution < -0.4 is 5.32 Å².